The third kappa shape index (κ3) is 4.83. The highest BCUT2D eigenvalue weighted by Crippen LogP contribution is 2.28. The van der Waals surface area contributed by atoms with Crippen molar-refractivity contribution in [3.63, 3.8) is 0 Å². The van der Waals surface area contributed by atoms with E-state index < -0.39 is 12.2 Å². The number of hydrogen-bond donors (Lipinski definition) is 2. The molecule has 3 rings (SSSR count). The molecular weight excluding hydrogens is 312 g/mol. The van der Waals surface area contributed by atoms with Crippen molar-refractivity contribution in [3.05, 3.63) is 24.3 Å². The molecule has 2 aliphatic rings. The van der Waals surface area contributed by atoms with E-state index in [-0.39, 0.29) is 38.6 Å². The Morgan fingerprint density at radius 3 is 1.62 bits per heavy atom. The summed E-state index contributed by atoms with van der Waals surface area (Å²) in [6.45, 7) is 0.661. The first kappa shape index (κ1) is 17.5. The lowest BCUT2D eigenvalue weighted by atomic mass is 9.94. The monoisotopic (exact) mass is 338 g/mol. The quantitative estimate of drug-likeness (QED) is 0.747. The predicted octanol–water partition coefficient (Wildman–Crippen LogP) is 1.52. The van der Waals surface area contributed by atoms with Gasteiger partial charge in [0.05, 0.1) is 25.4 Å². The smallest absolute Gasteiger partial charge is 0.161 e. The molecule has 1 heterocycles. The van der Waals surface area contributed by atoms with E-state index in [2.05, 4.69) is 0 Å². The van der Waals surface area contributed by atoms with Crippen LogP contribution < -0.4 is 9.47 Å². The van der Waals surface area contributed by atoms with Crippen LogP contribution in [0.4, 0.5) is 0 Å². The number of ether oxygens (including phenoxy) is 4. The van der Waals surface area contributed by atoms with Crippen LogP contribution in [0.2, 0.25) is 0 Å². The van der Waals surface area contributed by atoms with Gasteiger partial charge in [0.1, 0.15) is 25.4 Å². The minimum absolute atomic E-state index is 0.0447. The van der Waals surface area contributed by atoms with E-state index >= 15 is 0 Å². The van der Waals surface area contributed by atoms with E-state index in [4.69, 9.17) is 18.9 Å². The largest absolute Gasteiger partial charge is 0.487 e. The Balaban J connectivity index is 1.69. The lowest BCUT2D eigenvalue weighted by Gasteiger charge is -2.32. The van der Waals surface area contributed by atoms with Crippen LogP contribution in [-0.4, -0.2) is 61.1 Å². The van der Waals surface area contributed by atoms with Crippen molar-refractivity contribution in [1.82, 2.24) is 0 Å². The van der Waals surface area contributed by atoms with Gasteiger partial charge in [0.15, 0.2) is 11.5 Å². The summed E-state index contributed by atoms with van der Waals surface area (Å²) in [5.41, 5.74) is 0. The van der Waals surface area contributed by atoms with Crippen LogP contribution in [0.25, 0.3) is 0 Å². The van der Waals surface area contributed by atoms with E-state index in [9.17, 15) is 10.2 Å². The summed E-state index contributed by atoms with van der Waals surface area (Å²) in [5.74, 6) is 1.08. The second kappa shape index (κ2) is 8.67. The maximum Gasteiger partial charge on any atom is 0.161 e. The van der Waals surface area contributed by atoms with Gasteiger partial charge in [-0.3, -0.25) is 0 Å². The predicted molar refractivity (Wildman–Crippen MR) is 87.4 cm³/mol. The third-order valence-corrected chi connectivity index (χ3v) is 4.36. The van der Waals surface area contributed by atoms with Gasteiger partial charge in [-0.1, -0.05) is 25.0 Å². The van der Waals surface area contributed by atoms with Crippen molar-refractivity contribution in [1.29, 1.82) is 0 Å². The van der Waals surface area contributed by atoms with Gasteiger partial charge in [0.25, 0.3) is 0 Å². The molecule has 1 fully saturated rings. The average Bonchev–Trinajstić information content (AvgIpc) is 2.62. The highest BCUT2D eigenvalue weighted by Gasteiger charge is 2.28. The molecule has 4 atom stereocenters. The molecule has 6 nitrogen and oxygen atoms in total. The fourth-order valence-corrected chi connectivity index (χ4v) is 3.07. The number of rotatable bonds is 0. The maximum absolute atomic E-state index is 10.1. The fraction of sp³-hybridized carbons (Fsp3) is 0.667. The van der Waals surface area contributed by atoms with E-state index in [0.29, 0.717) is 11.5 Å². The summed E-state index contributed by atoms with van der Waals surface area (Å²) in [7, 11) is 0. The van der Waals surface area contributed by atoms with Gasteiger partial charge in [-0.2, -0.15) is 0 Å². The van der Waals surface area contributed by atoms with Crippen molar-refractivity contribution in [3.8, 4) is 11.5 Å². The highest BCUT2D eigenvalue weighted by atomic mass is 16.6. The molecule has 0 spiro atoms. The number of aliphatic hydroxyl groups is 2. The second-order valence-electron chi connectivity index (χ2n) is 6.40. The summed E-state index contributed by atoms with van der Waals surface area (Å²) < 4.78 is 23.0. The van der Waals surface area contributed by atoms with Crippen molar-refractivity contribution in [2.75, 3.05) is 26.4 Å². The molecule has 1 aliphatic carbocycles. The van der Waals surface area contributed by atoms with Crippen LogP contribution in [0.15, 0.2) is 24.3 Å². The minimum Gasteiger partial charge on any atom is -0.487 e. The summed E-state index contributed by atoms with van der Waals surface area (Å²) >= 11 is 0. The van der Waals surface area contributed by atoms with Crippen LogP contribution >= 0.6 is 0 Å². The number of aliphatic hydroxyl groups excluding tert-OH is 2. The van der Waals surface area contributed by atoms with Gasteiger partial charge >= 0.3 is 0 Å². The summed E-state index contributed by atoms with van der Waals surface area (Å²) in [6, 6.07) is 7.21. The molecule has 24 heavy (non-hydrogen) atoms. The van der Waals surface area contributed by atoms with Crippen LogP contribution in [0.5, 0.6) is 11.5 Å². The Morgan fingerprint density at radius 2 is 1.17 bits per heavy atom. The van der Waals surface area contributed by atoms with Crippen molar-refractivity contribution in [2.45, 2.75) is 50.1 Å². The average molecular weight is 338 g/mol. The molecule has 1 saturated carbocycles. The van der Waals surface area contributed by atoms with Gasteiger partial charge in [-0.05, 0) is 25.0 Å². The zero-order valence-electron chi connectivity index (χ0n) is 13.8. The number of benzene rings is 1. The molecule has 0 saturated heterocycles. The Kier molecular flexibility index (Phi) is 6.31. The van der Waals surface area contributed by atoms with Crippen molar-refractivity contribution in [2.24, 2.45) is 0 Å². The summed E-state index contributed by atoms with van der Waals surface area (Å²) in [5, 5.41) is 20.2. The number of hydrogen-bond acceptors (Lipinski definition) is 6. The summed E-state index contributed by atoms with van der Waals surface area (Å²) in [4.78, 5) is 0. The van der Waals surface area contributed by atoms with Crippen molar-refractivity contribution < 1.29 is 29.2 Å². The summed E-state index contributed by atoms with van der Waals surface area (Å²) in [6.07, 6.45) is 2.49. The van der Waals surface area contributed by atoms with Crippen molar-refractivity contribution >= 4 is 0 Å². The standard InChI is InChI=1S/C18H26O6/c19-13-9-21-15-5-1-2-6-16(15)22-10-14(20)12-24-18-8-4-3-7-17(18)23-11-13/h1-2,5-6,13-14,17-20H,3-4,7-12H2/t13?,14?,17-,18+. The SMILES string of the molecule is OC1COc2ccccc2OCC(O)CO[C@@H]2CCCC[C@@H]2OC1. The molecule has 0 bridgehead atoms. The first-order valence-electron chi connectivity index (χ1n) is 8.66. The van der Waals surface area contributed by atoms with Gasteiger partial charge in [0.2, 0.25) is 0 Å². The Bertz CT molecular complexity index is 463. The van der Waals surface area contributed by atoms with Gasteiger partial charge in [0, 0.05) is 0 Å². The molecule has 0 amide bonds. The first-order valence-corrected chi connectivity index (χ1v) is 8.66. The highest BCUT2D eigenvalue weighted by molar-refractivity contribution is 5.39. The van der Waals surface area contributed by atoms with Crippen LogP contribution in [0, 0.1) is 0 Å². The lowest BCUT2D eigenvalue weighted by Crippen LogP contribution is -2.39. The normalized spacial score (nSPS) is 32.4. The zero-order valence-corrected chi connectivity index (χ0v) is 13.8. The van der Waals surface area contributed by atoms with E-state index in [1.807, 2.05) is 12.1 Å². The Labute approximate surface area is 142 Å². The van der Waals surface area contributed by atoms with E-state index in [0.717, 1.165) is 25.7 Å². The third-order valence-electron chi connectivity index (χ3n) is 4.36. The number of para-hydroxylation sites is 2. The Hall–Kier alpha value is -1.34. The lowest BCUT2D eigenvalue weighted by molar-refractivity contribution is -0.126. The molecule has 0 radical (unpaired) electrons. The molecular formula is C18H26O6. The second-order valence-corrected chi connectivity index (χ2v) is 6.40. The molecule has 1 aliphatic heterocycles. The van der Waals surface area contributed by atoms with Crippen LogP contribution in [-0.2, 0) is 9.47 Å². The van der Waals surface area contributed by atoms with Crippen LogP contribution in [0.3, 0.4) is 0 Å². The van der Waals surface area contributed by atoms with Gasteiger partial charge in [-0.25, -0.2) is 0 Å². The molecule has 0 aromatic heterocycles. The van der Waals surface area contributed by atoms with E-state index in [1.54, 1.807) is 12.1 Å². The molecule has 1 aromatic rings. The molecule has 2 unspecified atom stereocenters. The molecule has 2 N–H and O–H groups in total. The number of fused-ring (bicyclic) bond motifs is 2. The molecule has 134 valence electrons. The topological polar surface area (TPSA) is 77.4 Å². The molecule has 6 heteroatoms. The van der Waals surface area contributed by atoms with E-state index in [1.165, 1.54) is 0 Å². The van der Waals surface area contributed by atoms with Gasteiger partial charge in [-0.15, -0.1) is 0 Å². The molecule has 1 aromatic carbocycles. The Morgan fingerprint density at radius 1 is 0.708 bits per heavy atom. The van der Waals surface area contributed by atoms with Crippen LogP contribution in [0.1, 0.15) is 25.7 Å². The van der Waals surface area contributed by atoms with Gasteiger partial charge < -0.3 is 29.2 Å². The minimum atomic E-state index is -0.714. The maximum atomic E-state index is 10.1. The zero-order chi connectivity index (χ0) is 16.8. The first-order chi connectivity index (χ1) is 11.7. The fourth-order valence-electron chi connectivity index (χ4n) is 3.07.